The number of hydrogen-bond donors (Lipinski definition) is 1. The first-order valence-corrected chi connectivity index (χ1v) is 3.19. The van der Waals surface area contributed by atoms with Crippen molar-refractivity contribution in [3.63, 3.8) is 0 Å². The van der Waals surface area contributed by atoms with Gasteiger partial charge in [0.25, 0.3) is 0 Å². The molecule has 56 valence electrons. The molecule has 0 bridgehead atoms. The summed E-state index contributed by atoms with van der Waals surface area (Å²) in [5.41, 5.74) is 0.960. The van der Waals surface area contributed by atoms with Crippen LogP contribution in [0.3, 0.4) is 0 Å². The Bertz CT molecular complexity index is 168. The standard InChI is InChI=1S/C8H13NO/c1-7(4-5-9-3)6-8(2)10/h4-6,9H,1-3H3/b5-4-,7-6-. The maximum atomic E-state index is 10.5. The van der Waals surface area contributed by atoms with Crippen molar-refractivity contribution in [2.24, 2.45) is 0 Å². The quantitative estimate of drug-likeness (QED) is 0.471. The van der Waals surface area contributed by atoms with E-state index in [1.54, 1.807) is 12.3 Å². The third-order valence-electron chi connectivity index (χ3n) is 0.944. The molecule has 0 spiro atoms. The Hall–Kier alpha value is -1.05. The minimum Gasteiger partial charge on any atom is -0.394 e. The largest absolute Gasteiger partial charge is 0.394 e. The molecule has 0 saturated carbocycles. The third kappa shape index (κ3) is 5.09. The van der Waals surface area contributed by atoms with E-state index in [9.17, 15) is 4.79 Å². The second kappa shape index (κ2) is 4.79. The summed E-state index contributed by atoms with van der Waals surface area (Å²) in [7, 11) is 1.82. The van der Waals surface area contributed by atoms with Crippen LogP contribution in [0, 0.1) is 0 Å². The molecule has 2 heteroatoms. The van der Waals surface area contributed by atoms with Crippen LogP contribution in [0.1, 0.15) is 13.8 Å². The summed E-state index contributed by atoms with van der Waals surface area (Å²) in [4.78, 5) is 10.5. The fourth-order valence-corrected chi connectivity index (χ4v) is 0.584. The maximum Gasteiger partial charge on any atom is 0.152 e. The number of rotatable bonds is 3. The fourth-order valence-electron chi connectivity index (χ4n) is 0.584. The lowest BCUT2D eigenvalue weighted by atomic mass is 10.2. The van der Waals surface area contributed by atoms with Crippen LogP contribution in [-0.2, 0) is 4.79 Å². The number of allylic oxidation sites excluding steroid dienone is 3. The van der Waals surface area contributed by atoms with Gasteiger partial charge in [0.15, 0.2) is 5.78 Å². The Morgan fingerprint density at radius 2 is 2.00 bits per heavy atom. The van der Waals surface area contributed by atoms with E-state index in [0.29, 0.717) is 0 Å². The van der Waals surface area contributed by atoms with E-state index < -0.39 is 0 Å². The normalized spacial score (nSPS) is 12.1. The molecule has 2 nitrogen and oxygen atoms in total. The number of ketones is 1. The fraction of sp³-hybridized carbons (Fsp3) is 0.375. The van der Waals surface area contributed by atoms with Gasteiger partial charge in [0.1, 0.15) is 0 Å². The van der Waals surface area contributed by atoms with Crippen LogP contribution in [0.25, 0.3) is 0 Å². The van der Waals surface area contributed by atoms with Gasteiger partial charge in [-0.25, -0.2) is 0 Å². The first-order valence-electron chi connectivity index (χ1n) is 3.19. The van der Waals surface area contributed by atoms with Crippen molar-refractivity contribution < 1.29 is 4.79 Å². The van der Waals surface area contributed by atoms with E-state index in [0.717, 1.165) is 5.57 Å². The minimum absolute atomic E-state index is 0.0817. The molecule has 0 atom stereocenters. The monoisotopic (exact) mass is 139 g/mol. The average molecular weight is 139 g/mol. The second-order valence-corrected chi connectivity index (χ2v) is 2.12. The van der Waals surface area contributed by atoms with Crippen molar-refractivity contribution in [1.29, 1.82) is 0 Å². The zero-order valence-electron chi connectivity index (χ0n) is 6.64. The summed E-state index contributed by atoms with van der Waals surface area (Å²) in [6.45, 7) is 3.42. The third-order valence-corrected chi connectivity index (χ3v) is 0.944. The Balaban J connectivity index is 3.94. The summed E-state index contributed by atoms with van der Waals surface area (Å²) in [5, 5.41) is 2.84. The summed E-state index contributed by atoms with van der Waals surface area (Å²) >= 11 is 0. The van der Waals surface area contributed by atoms with E-state index in [-0.39, 0.29) is 5.78 Å². The maximum absolute atomic E-state index is 10.5. The molecule has 0 aliphatic rings. The topological polar surface area (TPSA) is 29.1 Å². The SMILES string of the molecule is CN/C=C\C(C)=C/C(C)=O. The number of carbonyl (C=O) groups excluding carboxylic acids is 1. The van der Waals surface area contributed by atoms with Crippen LogP contribution < -0.4 is 5.32 Å². The van der Waals surface area contributed by atoms with E-state index in [1.165, 1.54) is 6.92 Å². The minimum atomic E-state index is 0.0817. The van der Waals surface area contributed by atoms with Crippen molar-refractivity contribution in [3.8, 4) is 0 Å². The van der Waals surface area contributed by atoms with Crippen LogP contribution in [0.4, 0.5) is 0 Å². The van der Waals surface area contributed by atoms with Gasteiger partial charge in [-0.15, -0.1) is 0 Å². The van der Waals surface area contributed by atoms with Gasteiger partial charge >= 0.3 is 0 Å². The van der Waals surface area contributed by atoms with Crippen molar-refractivity contribution in [2.75, 3.05) is 7.05 Å². The lowest BCUT2D eigenvalue weighted by Gasteiger charge is -1.88. The van der Waals surface area contributed by atoms with Gasteiger partial charge in [-0.3, -0.25) is 4.79 Å². The molecule has 0 aliphatic heterocycles. The molecule has 0 aromatic carbocycles. The molecule has 0 radical (unpaired) electrons. The van der Waals surface area contributed by atoms with Crippen LogP contribution in [-0.4, -0.2) is 12.8 Å². The van der Waals surface area contributed by atoms with E-state index in [1.807, 2.05) is 20.0 Å². The average Bonchev–Trinajstić information content (AvgIpc) is 1.82. The van der Waals surface area contributed by atoms with E-state index >= 15 is 0 Å². The molecule has 0 amide bonds. The van der Waals surface area contributed by atoms with Gasteiger partial charge in [-0.1, -0.05) is 0 Å². The smallest absolute Gasteiger partial charge is 0.152 e. The molecule has 0 heterocycles. The predicted molar refractivity (Wildman–Crippen MR) is 42.6 cm³/mol. The van der Waals surface area contributed by atoms with Crippen LogP contribution in [0.2, 0.25) is 0 Å². The lowest BCUT2D eigenvalue weighted by Crippen LogP contribution is -1.91. The van der Waals surface area contributed by atoms with Crippen molar-refractivity contribution >= 4 is 5.78 Å². The highest BCUT2D eigenvalue weighted by atomic mass is 16.1. The first-order chi connectivity index (χ1) is 4.66. The molecular weight excluding hydrogens is 126 g/mol. The summed E-state index contributed by atoms with van der Waals surface area (Å²) in [6.07, 6.45) is 5.23. The van der Waals surface area contributed by atoms with Crippen LogP contribution >= 0.6 is 0 Å². The number of carbonyl (C=O) groups is 1. The Morgan fingerprint density at radius 1 is 1.40 bits per heavy atom. The summed E-state index contributed by atoms with van der Waals surface area (Å²) < 4.78 is 0. The van der Waals surface area contributed by atoms with Gasteiger partial charge in [-0.2, -0.15) is 0 Å². The van der Waals surface area contributed by atoms with Crippen LogP contribution in [0.15, 0.2) is 23.9 Å². The highest BCUT2D eigenvalue weighted by Crippen LogP contribution is 1.92. The van der Waals surface area contributed by atoms with Crippen molar-refractivity contribution in [2.45, 2.75) is 13.8 Å². The predicted octanol–water partition coefficient (Wildman–Crippen LogP) is 1.25. The molecule has 0 saturated heterocycles. The molecule has 0 aromatic rings. The molecule has 1 N–H and O–H groups in total. The Labute approximate surface area is 61.6 Å². The van der Waals surface area contributed by atoms with Gasteiger partial charge in [0.2, 0.25) is 0 Å². The summed E-state index contributed by atoms with van der Waals surface area (Å²) in [6, 6.07) is 0. The first kappa shape index (κ1) is 8.95. The van der Waals surface area contributed by atoms with Gasteiger partial charge in [-0.05, 0) is 37.8 Å². The molecule has 0 aromatic heterocycles. The van der Waals surface area contributed by atoms with E-state index in [2.05, 4.69) is 5.32 Å². The van der Waals surface area contributed by atoms with Crippen LogP contribution in [0.5, 0.6) is 0 Å². The molecule has 0 fully saturated rings. The molecule has 0 rings (SSSR count). The molecule has 0 aliphatic carbocycles. The van der Waals surface area contributed by atoms with Crippen molar-refractivity contribution in [1.82, 2.24) is 5.32 Å². The van der Waals surface area contributed by atoms with Crippen molar-refractivity contribution in [3.05, 3.63) is 23.9 Å². The molecule has 10 heavy (non-hydrogen) atoms. The molecular formula is C8H13NO. The van der Waals surface area contributed by atoms with E-state index in [4.69, 9.17) is 0 Å². The lowest BCUT2D eigenvalue weighted by molar-refractivity contribution is -0.112. The number of hydrogen-bond acceptors (Lipinski definition) is 2. The highest BCUT2D eigenvalue weighted by Gasteiger charge is 1.84. The van der Waals surface area contributed by atoms with Gasteiger partial charge < -0.3 is 5.32 Å². The molecule has 0 unspecified atom stereocenters. The number of nitrogens with one attached hydrogen (secondary N) is 1. The Morgan fingerprint density at radius 3 is 2.40 bits per heavy atom. The van der Waals surface area contributed by atoms with Gasteiger partial charge in [0.05, 0.1) is 0 Å². The zero-order valence-corrected chi connectivity index (χ0v) is 6.64. The highest BCUT2D eigenvalue weighted by molar-refractivity contribution is 5.88. The Kier molecular flexibility index (Phi) is 4.29. The zero-order chi connectivity index (χ0) is 7.98. The second-order valence-electron chi connectivity index (χ2n) is 2.12. The summed E-state index contributed by atoms with van der Waals surface area (Å²) in [5.74, 6) is 0.0817. The van der Waals surface area contributed by atoms with Gasteiger partial charge in [0, 0.05) is 7.05 Å².